The zero-order valence-electron chi connectivity index (χ0n) is 14.9. The van der Waals surface area contributed by atoms with Crippen LogP contribution in [0.1, 0.15) is 26.7 Å². The Kier molecular flexibility index (Phi) is 6.71. The maximum atomic E-state index is 13.0. The molecule has 0 unspecified atom stereocenters. The van der Waals surface area contributed by atoms with E-state index in [0.29, 0.717) is 19.4 Å². The molecule has 0 bridgehead atoms. The van der Waals surface area contributed by atoms with E-state index in [2.05, 4.69) is 10.6 Å². The van der Waals surface area contributed by atoms with Crippen LogP contribution in [0.2, 0.25) is 0 Å². The first-order valence-corrected chi connectivity index (χ1v) is 10.0. The zero-order valence-corrected chi connectivity index (χ0v) is 15.7. The van der Waals surface area contributed by atoms with E-state index in [1.807, 2.05) is 0 Å². The summed E-state index contributed by atoms with van der Waals surface area (Å²) in [5, 5.41) is 5.30. The van der Waals surface area contributed by atoms with Crippen molar-refractivity contribution in [3.8, 4) is 0 Å². The molecule has 2 rings (SSSR count). The van der Waals surface area contributed by atoms with Crippen LogP contribution < -0.4 is 10.6 Å². The average molecular weight is 385 g/mol. The molecule has 26 heavy (non-hydrogen) atoms. The molecule has 1 fully saturated rings. The van der Waals surface area contributed by atoms with E-state index in [1.165, 1.54) is 16.4 Å². The number of sulfonamides is 1. The molecule has 0 aromatic heterocycles. The van der Waals surface area contributed by atoms with Crippen LogP contribution in [0.5, 0.6) is 0 Å². The van der Waals surface area contributed by atoms with Gasteiger partial charge in [0.1, 0.15) is 11.9 Å². The molecule has 1 aliphatic rings. The van der Waals surface area contributed by atoms with Gasteiger partial charge in [0.15, 0.2) is 0 Å². The Bertz CT molecular complexity index is 744. The minimum atomic E-state index is -3.70. The Labute approximate surface area is 153 Å². The van der Waals surface area contributed by atoms with Gasteiger partial charge < -0.3 is 10.6 Å². The first-order chi connectivity index (χ1) is 12.3. The maximum absolute atomic E-state index is 13.0. The van der Waals surface area contributed by atoms with Gasteiger partial charge in [0.25, 0.3) is 0 Å². The van der Waals surface area contributed by atoms with Crippen LogP contribution in [0, 0.1) is 11.7 Å². The van der Waals surface area contributed by atoms with Gasteiger partial charge in [-0.3, -0.25) is 9.59 Å². The lowest BCUT2D eigenvalue weighted by Crippen LogP contribution is -2.49. The molecule has 7 nitrogen and oxygen atoms in total. The molecule has 1 aromatic rings. The van der Waals surface area contributed by atoms with Crippen molar-refractivity contribution < 1.29 is 22.4 Å². The monoisotopic (exact) mass is 385 g/mol. The Morgan fingerprint density at radius 1 is 1.23 bits per heavy atom. The van der Waals surface area contributed by atoms with Crippen LogP contribution in [0.25, 0.3) is 0 Å². The highest BCUT2D eigenvalue weighted by Gasteiger charge is 2.32. The van der Waals surface area contributed by atoms with Gasteiger partial charge in [0, 0.05) is 25.6 Å². The summed E-state index contributed by atoms with van der Waals surface area (Å²) in [7, 11) is -3.70. The fraction of sp³-hybridized carbons (Fsp3) is 0.529. The summed E-state index contributed by atoms with van der Waals surface area (Å²) >= 11 is 0. The summed E-state index contributed by atoms with van der Waals surface area (Å²) < 4.78 is 39.4. The first-order valence-electron chi connectivity index (χ1n) is 8.59. The molecule has 1 saturated heterocycles. The number of benzene rings is 1. The smallest absolute Gasteiger partial charge is 0.243 e. The predicted molar refractivity (Wildman–Crippen MR) is 94.2 cm³/mol. The van der Waals surface area contributed by atoms with Gasteiger partial charge in [-0.05, 0) is 51.0 Å². The minimum Gasteiger partial charge on any atom is -0.355 e. The molecule has 2 N–H and O–H groups in total. The minimum absolute atomic E-state index is 0.0339. The predicted octanol–water partition coefficient (Wildman–Crippen LogP) is 0.867. The van der Waals surface area contributed by atoms with Crippen molar-refractivity contribution in [3.63, 3.8) is 0 Å². The third kappa shape index (κ3) is 4.79. The van der Waals surface area contributed by atoms with Crippen molar-refractivity contribution in [1.29, 1.82) is 0 Å². The standard InChI is InChI=1S/C17H24FN3O4S/c1-3-19-16(22)12(2)20-17(23)13-8-10-21(11-9-13)26(24,25)15-6-4-14(18)5-7-15/h4-7,12-13H,3,8-11H2,1-2H3,(H,19,22)(H,20,23)/t12-/m0/s1. The number of nitrogens with one attached hydrogen (secondary N) is 2. The van der Waals surface area contributed by atoms with Gasteiger partial charge in [-0.15, -0.1) is 0 Å². The van der Waals surface area contributed by atoms with Crippen molar-refractivity contribution in [2.75, 3.05) is 19.6 Å². The average Bonchev–Trinajstić information content (AvgIpc) is 2.62. The van der Waals surface area contributed by atoms with Crippen molar-refractivity contribution in [2.45, 2.75) is 37.6 Å². The van der Waals surface area contributed by atoms with E-state index in [-0.39, 0.29) is 35.7 Å². The van der Waals surface area contributed by atoms with Gasteiger partial charge in [-0.2, -0.15) is 4.31 Å². The molecule has 0 spiro atoms. The second-order valence-electron chi connectivity index (χ2n) is 6.26. The molecular formula is C17H24FN3O4S. The summed E-state index contributed by atoms with van der Waals surface area (Å²) in [5.41, 5.74) is 0. The van der Waals surface area contributed by atoms with E-state index >= 15 is 0 Å². The van der Waals surface area contributed by atoms with Crippen molar-refractivity contribution in [2.24, 2.45) is 5.92 Å². The lowest BCUT2D eigenvalue weighted by molar-refractivity contribution is -0.131. The van der Waals surface area contributed by atoms with E-state index < -0.39 is 21.9 Å². The number of halogens is 1. The Morgan fingerprint density at radius 3 is 2.35 bits per heavy atom. The Balaban J connectivity index is 1.93. The van der Waals surface area contributed by atoms with Crippen molar-refractivity contribution in [3.05, 3.63) is 30.1 Å². The van der Waals surface area contributed by atoms with Gasteiger partial charge >= 0.3 is 0 Å². The van der Waals surface area contributed by atoms with Gasteiger partial charge in [0.05, 0.1) is 4.90 Å². The number of hydrogen-bond donors (Lipinski definition) is 2. The number of rotatable bonds is 6. The van der Waals surface area contributed by atoms with E-state index in [9.17, 15) is 22.4 Å². The lowest BCUT2D eigenvalue weighted by atomic mass is 9.97. The zero-order chi connectivity index (χ0) is 19.3. The van der Waals surface area contributed by atoms with Crippen LogP contribution in [0.15, 0.2) is 29.2 Å². The second kappa shape index (κ2) is 8.59. The molecule has 1 aliphatic heterocycles. The molecule has 0 radical (unpaired) electrons. The Morgan fingerprint density at radius 2 is 1.81 bits per heavy atom. The summed E-state index contributed by atoms with van der Waals surface area (Å²) in [6, 6.07) is 4.05. The Hall–Kier alpha value is -2.00. The molecule has 1 atom stereocenters. The molecule has 9 heteroatoms. The highest BCUT2D eigenvalue weighted by molar-refractivity contribution is 7.89. The lowest BCUT2D eigenvalue weighted by Gasteiger charge is -2.31. The van der Waals surface area contributed by atoms with Gasteiger partial charge in [-0.1, -0.05) is 0 Å². The van der Waals surface area contributed by atoms with Crippen LogP contribution in [0.3, 0.4) is 0 Å². The molecule has 1 aromatic carbocycles. The van der Waals surface area contributed by atoms with E-state index in [1.54, 1.807) is 13.8 Å². The van der Waals surface area contributed by atoms with Crippen LogP contribution in [-0.4, -0.2) is 50.2 Å². The summed E-state index contributed by atoms with van der Waals surface area (Å²) in [6.45, 7) is 4.29. The van der Waals surface area contributed by atoms with E-state index in [4.69, 9.17) is 0 Å². The first kappa shape index (κ1) is 20.3. The fourth-order valence-corrected chi connectivity index (χ4v) is 4.31. The van der Waals surface area contributed by atoms with Crippen LogP contribution in [0.4, 0.5) is 4.39 Å². The van der Waals surface area contributed by atoms with Gasteiger partial charge in [0.2, 0.25) is 21.8 Å². The molecule has 1 heterocycles. The topological polar surface area (TPSA) is 95.6 Å². The van der Waals surface area contributed by atoms with E-state index in [0.717, 1.165) is 12.1 Å². The number of likely N-dealkylation sites (N-methyl/N-ethyl adjacent to an activating group) is 1. The van der Waals surface area contributed by atoms with Gasteiger partial charge in [-0.25, -0.2) is 12.8 Å². The molecule has 0 aliphatic carbocycles. The summed E-state index contributed by atoms with van der Waals surface area (Å²) in [5.74, 6) is -1.34. The number of carbonyl (C=O) groups excluding carboxylic acids is 2. The highest BCUT2D eigenvalue weighted by atomic mass is 32.2. The summed E-state index contributed by atoms with van der Waals surface area (Å²) in [6.07, 6.45) is 0.739. The van der Waals surface area contributed by atoms with Crippen molar-refractivity contribution in [1.82, 2.24) is 14.9 Å². The third-order valence-electron chi connectivity index (χ3n) is 4.38. The second-order valence-corrected chi connectivity index (χ2v) is 8.20. The SMILES string of the molecule is CCNC(=O)[C@H](C)NC(=O)C1CCN(S(=O)(=O)c2ccc(F)cc2)CC1. The van der Waals surface area contributed by atoms with Crippen LogP contribution >= 0.6 is 0 Å². The number of carbonyl (C=O) groups is 2. The quantitative estimate of drug-likeness (QED) is 0.759. The fourth-order valence-electron chi connectivity index (χ4n) is 2.84. The van der Waals surface area contributed by atoms with Crippen molar-refractivity contribution >= 4 is 21.8 Å². The number of hydrogen-bond acceptors (Lipinski definition) is 4. The number of amides is 2. The molecule has 144 valence electrons. The highest BCUT2D eigenvalue weighted by Crippen LogP contribution is 2.24. The molecule has 0 saturated carbocycles. The maximum Gasteiger partial charge on any atom is 0.243 e. The molecular weight excluding hydrogens is 361 g/mol. The third-order valence-corrected chi connectivity index (χ3v) is 6.29. The molecule has 2 amide bonds. The van der Waals surface area contributed by atoms with Crippen LogP contribution in [-0.2, 0) is 19.6 Å². The summed E-state index contributed by atoms with van der Waals surface area (Å²) in [4.78, 5) is 24.0. The largest absolute Gasteiger partial charge is 0.355 e. The number of nitrogens with zero attached hydrogens (tertiary/aromatic N) is 1. The normalized spacial score (nSPS) is 17.5. The number of piperidine rings is 1.